The van der Waals surface area contributed by atoms with E-state index in [0.717, 1.165) is 22.3 Å². The van der Waals surface area contributed by atoms with Crippen molar-refractivity contribution in [2.24, 2.45) is 11.1 Å². The van der Waals surface area contributed by atoms with E-state index in [1.54, 1.807) is 0 Å². The van der Waals surface area contributed by atoms with Gasteiger partial charge in [-0.3, -0.25) is 4.79 Å². The van der Waals surface area contributed by atoms with Crippen LogP contribution in [0.2, 0.25) is 0 Å². The monoisotopic (exact) mass is 473 g/mol. The summed E-state index contributed by atoms with van der Waals surface area (Å²) in [6.07, 6.45) is 3.81. The number of hydrogen-bond donors (Lipinski definition) is 0. The lowest BCUT2D eigenvalue weighted by Crippen LogP contribution is -2.31. The highest BCUT2D eigenvalue weighted by Gasteiger charge is 2.39. The summed E-state index contributed by atoms with van der Waals surface area (Å²) in [5.74, 6) is -0.867. The molecule has 2 atom stereocenters. The average Bonchev–Trinajstić information content (AvgIpc) is 3.34. The van der Waals surface area contributed by atoms with Gasteiger partial charge in [0.05, 0.1) is 0 Å². The van der Waals surface area contributed by atoms with Crippen molar-refractivity contribution in [3.8, 4) is 11.1 Å². The highest BCUT2D eigenvalue weighted by Crippen LogP contribution is 2.25. The van der Waals surface area contributed by atoms with Crippen molar-refractivity contribution >= 4 is 23.8 Å². The Morgan fingerprint density at radius 1 is 0.750 bits per heavy atom. The van der Waals surface area contributed by atoms with Crippen LogP contribution in [0.15, 0.2) is 114 Å². The third-order valence-electron chi connectivity index (χ3n) is 6.25. The lowest BCUT2D eigenvalue weighted by atomic mass is 9.93. The van der Waals surface area contributed by atoms with E-state index in [1.807, 2.05) is 79.7 Å². The van der Waals surface area contributed by atoms with Gasteiger partial charge in [-0.15, -0.1) is 0 Å². The molecule has 4 aromatic rings. The molecular weight excluding hydrogens is 446 g/mol. The second-order valence-corrected chi connectivity index (χ2v) is 8.80. The van der Waals surface area contributed by atoms with Crippen LogP contribution in [0.5, 0.6) is 0 Å². The third kappa shape index (κ3) is 5.44. The zero-order chi connectivity index (χ0) is 24.7. The fourth-order valence-corrected chi connectivity index (χ4v) is 4.20. The van der Waals surface area contributed by atoms with Crippen molar-refractivity contribution in [3.05, 3.63) is 131 Å². The topological polar surface area (TPSA) is 47.9 Å². The summed E-state index contributed by atoms with van der Waals surface area (Å²) in [7, 11) is 0. The fourth-order valence-electron chi connectivity index (χ4n) is 4.20. The molecule has 1 aliphatic heterocycles. The molecule has 0 amide bonds. The number of oxime groups is 1. The van der Waals surface area contributed by atoms with E-state index in [2.05, 4.69) is 53.7 Å². The van der Waals surface area contributed by atoms with Gasteiger partial charge in [-0.2, -0.15) is 0 Å². The van der Waals surface area contributed by atoms with E-state index in [9.17, 15) is 4.79 Å². The van der Waals surface area contributed by atoms with Crippen molar-refractivity contribution in [3.63, 3.8) is 0 Å². The molecule has 0 N–H and O–H groups in total. The van der Waals surface area contributed by atoms with Gasteiger partial charge in [0.1, 0.15) is 24.3 Å². The first-order valence-electron chi connectivity index (χ1n) is 12.1. The standard InChI is InChI=1S/C32H27NO3/c1-23-30(31(33-36-23)29-10-6-3-7-11-29)32(34)35-22-26-16-14-24(15-17-26)12-13-25-18-20-28(21-19-25)27-8-4-2-5-9-27/h2-21,23,30H,22H2,1H3/b13-12+. The summed E-state index contributed by atoms with van der Waals surface area (Å²) in [4.78, 5) is 18.3. The molecule has 0 aromatic heterocycles. The molecule has 1 aliphatic rings. The molecule has 4 heteroatoms. The van der Waals surface area contributed by atoms with Crippen LogP contribution in [0.4, 0.5) is 0 Å². The number of rotatable bonds is 7. The van der Waals surface area contributed by atoms with Crippen LogP contribution in [0.25, 0.3) is 23.3 Å². The predicted octanol–water partition coefficient (Wildman–Crippen LogP) is 7.01. The molecular formula is C32H27NO3. The second kappa shape index (κ2) is 10.9. The van der Waals surface area contributed by atoms with Gasteiger partial charge in [-0.1, -0.05) is 127 Å². The van der Waals surface area contributed by atoms with Crippen molar-refractivity contribution in [2.75, 3.05) is 0 Å². The number of carbonyl (C=O) groups excluding carboxylic acids is 1. The zero-order valence-corrected chi connectivity index (χ0v) is 20.1. The van der Waals surface area contributed by atoms with E-state index in [0.29, 0.717) is 5.71 Å². The van der Waals surface area contributed by atoms with Crippen LogP contribution < -0.4 is 0 Å². The Morgan fingerprint density at radius 2 is 1.28 bits per heavy atom. The minimum Gasteiger partial charge on any atom is -0.460 e. The van der Waals surface area contributed by atoms with Gasteiger partial charge in [0.25, 0.3) is 0 Å². The Labute approximate surface area is 211 Å². The molecule has 0 fully saturated rings. The van der Waals surface area contributed by atoms with Crippen molar-refractivity contribution in [2.45, 2.75) is 19.6 Å². The van der Waals surface area contributed by atoms with E-state index in [-0.39, 0.29) is 18.7 Å². The Bertz CT molecular complexity index is 1360. The number of benzene rings is 4. The summed E-state index contributed by atoms with van der Waals surface area (Å²) in [5.41, 5.74) is 7.04. The normalized spacial score (nSPS) is 17.0. The maximum atomic E-state index is 12.9. The lowest BCUT2D eigenvalue weighted by Gasteiger charge is -2.15. The molecule has 0 bridgehead atoms. The molecule has 1 heterocycles. The summed E-state index contributed by atoms with van der Waals surface area (Å²) >= 11 is 0. The number of hydrogen-bond acceptors (Lipinski definition) is 4. The summed E-state index contributed by atoms with van der Waals surface area (Å²) < 4.78 is 5.63. The number of carbonyl (C=O) groups is 1. The summed E-state index contributed by atoms with van der Waals surface area (Å²) in [6, 6.07) is 36.5. The largest absolute Gasteiger partial charge is 0.460 e. The van der Waals surface area contributed by atoms with E-state index in [4.69, 9.17) is 9.57 Å². The highest BCUT2D eigenvalue weighted by molar-refractivity contribution is 6.12. The molecule has 2 unspecified atom stereocenters. The van der Waals surface area contributed by atoms with Crippen LogP contribution in [-0.4, -0.2) is 17.8 Å². The second-order valence-electron chi connectivity index (χ2n) is 8.80. The number of ether oxygens (including phenoxy) is 1. The lowest BCUT2D eigenvalue weighted by molar-refractivity contribution is -0.150. The fraction of sp³-hybridized carbons (Fsp3) is 0.125. The molecule has 0 saturated heterocycles. The van der Waals surface area contributed by atoms with Crippen molar-refractivity contribution < 1.29 is 14.4 Å². The molecule has 5 rings (SSSR count). The summed E-state index contributed by atoms with van der Waals surface area (Å²) in [6.45, 7) is 2.04. The van der Waals surface area contributed by atoms with Crippen LogP contribution in [0.3, 0.4) is 0 Å². The minimum absolute atomic E-state index is 0.203. The van der Waals surface area contributed by atoms with Gasteiger partial charge in [-0.05, 0) is 34.7 Å². The Balaban J connectivity index is 1.17. The molecule has 0 spiro atoms. The molecule has 4 aromatic carbocycles. The first kappa shape index (κ1) is 23.3. The first-order valence-corrected chi connectivity index (χ1v) is 12.1. The Kier molecular flexibility index (Phi) is 7.04. The minimum atomic E-state index is -0.539. The highest BCUT2D eigenvalue weighted by atomic mass is 16.6. The zero-order valence-electron chi connectivity index (χ0n) is 20.1. The summed E-state index contributed by atoms with van der Waals surface area (Å²) in [5, 5.41) is 4.13. The maximum Gasteiger partial charge on any atom is 0.319 e. The van der Waals surface area contributed by atoms with Gasteiger partial charge < -0.3 is 9.57 Å². The molecule has 4 nitrogen and oxygen atoms in total. The number of nitrogens with zero attached hydrogens (tertiary/aromatic N) is 1. The SMILES string of the molecule is CC1ON=C(c2ccccc2)C1C(=O)OCc1ccc(/C=C/c2ccc(-c3ccccc3)cc2)cc1. The van der Waals surface area contributed by atoms with Crippen LogP contribution in [0, 0.1) is 5.92 Å². The number of esters is 1. The maximum absolute atomic E-state index is 12.9. The molecule has 0 aliphatic carbocycles. The van der Waals surface area contributed by atoms with Gasteiger partial charge in [0.2, 0.25) is 0 Å². The Hall–Kier alpha value is -4.44. The third-order valence-corrected chi connectivity index (χ3v) is 6.25. The molecule has 0 radical (unpaired) electrons. The van der Waals surface area contributed by atoms with Gasteiger partial charge in [0, 0.05) is 5.56 Å². The molecule has 36 heavy (non-hydrogen) atoms. The van der Waals surface area contributed by atoms with E-state index >= 15 is 0 Å². The quantitative estimate of drug-likeness (QED) is 0.214. The van der Waals surface area contributed by atoms with Crippen LogP contribution in [-0.2, 0) is 21.0 Å². The molecule has 178 valence electrons. The van der Waals surface area contributed by atoms with E-state index < -0.39 is 5.92 Å². The van der Waals surface area contributed by atoms with E-state index in [1.165, 1.54) is 11.1 Å². The smallest absolute Gasteiger partial charge is 0.319 e. The van der Waals surface area contributed by atoms with Crippen molar-refractivity contribution in [1.29, 1.82) is 0 Å². The van der Waals surface area contributed by atoms with Crippen LogP contribution in [0.1, 0.15) is 29.2 Å². The Morgan fingerprint density at radius 3 is 1.89 bits per heavy atom. The first-order chi connectivity index (χ1) is 17.7. The average molecular weight is 474 g/mol. The van der Waals surface area contributed by atoms with Crippen LogP contribution >= 0.6 is 0 Å². The van der Waals surface area contributed by atoms with Gasteiger partial charge >= 0.3 is 5.97 Å². The van der Waals surface area contributed by atoms with Gasteiger partial charge in [-0.25, -0.2) is 0 Å². The van der Waals surface area contributed by atoms with Crippen molar-refractivity contribution in [1.82, 2.24) is 0 Å². The van der Waals surface area contributed by atoms with Gasteiger partial charge in [0.15, 0.2) is 0 Å². The molecule has 0 saturated carbocycles. The predicted molar refractivity (Wildman–Crippen MR) is 144 cm³/mol.